The number of hydrogen-bond acceptors (Lipinski definition) is 3. The van der Waals surface area contributed by atoms with Crippen LogP contribution in [0, 0.1) is 13.8 Å². The molecular weight excluding hydrogens is 272 g/mol. The molecule has 2 N–H and O–H groups in total. The smallest absolute Gasteiger partial charge is 0.336 e. The van der Waals surface area contributed by atoms with E-state index < -0.39 is 5.97 Å². The van der Waals surface area contributed by atoms with Crippen LogP contribution in [0.15, 0.2) is 12.1 Å². The highest BCUT2D eigenvalue weighted by atomic mass is 16.5. The number of rotatable bonds is 3. The molecule has 0 spiro atoms. The van der Waals surface area contributed by atoms with Gasteiger partial charge in [-0.25, -0.2) is 9.59 Å². The number of aryl methyl sites for hydroxylation is 1. The predicted molar refractivity (Wildman–Crippen MR) is 78.9 cm³/mol. The molecular formula is C15H20N2O4. The van der Waals surface area contributed by atoms with E-state index in [1.54, 1.807) is 25.0 Å². The van der Waals surface area contributed by atoms with Crippen LogP contribution in [-0.4, -0.2) is 48.3 Å². The molecule has 0 saturated carbocycles. The molecule has 0 aliphatic carbocycles. The summed E-state index contributed by atoms with van der Waals surface area (Å²) in [5, 5.41) is 11.9. The molecule has 2 amide bonds. The summed E-state index contributed by atoms with van der Waals surface area (Å²) >= 11 is 0. The Bertz CT molecular complexity index is 571. The van der Waals surface area contributed by atoms with Gasteiger partial charge < -0.3 is 20.1 Å². The van der Waals surface area contributed by atoms with Crippen molar-refractivity contribution in [1.82, 2.24) is 4.90 Å². The Morgan fingerprint density at radius 2 is 2.10 bits per heavy atom. The van der Waals surface area contributed by atoms with E-state index >= 15 is 0 Å². The fourth-order valence-electron chi connectivity index (χ4n) is 2.46. The number of likely N-dealkylation sites (tertiary alicyclic amines) is 1. The molecule has 1 aromatic carbocycles. The van der Waals surface area contributed by atoms with Crippen molar-refractivity contribution in [3.63, 3.8) is 0 Å². The van der Waals surface area contributed by atoms with Crippen LogP contribution in [0.5, 0.6) is 0 Å². The Kier molecular flexibility index (Phi) is 4.47. The molecule has 1 aliphatic rings. The number of anilines is 1. The Morgan fingerprint density at radius 3 is 2.67 bits per heavy atom. The van der Waals surface area contributed by atoms with Crippen LogP contribution in [-0.2, 0) is 4.74 Å². The molecule has 1 fully saturated rings. The maximum Gasteiger partial charge on any atom is 0.336 e. The third-order valence-corrected chi connectivity index (χ3v) is 3.91. The number of amides is 2. The molecule has 1 atom stereocenters. The van der Waals surface area contributed by atoms with E-state index in [1.165, 1.54) is 6.07 Å². The van der Waals surface area contributed by atoms with Crippen molar-refractivity contribution >= 4 is 17.7 Å². The fourth-order valence-corrected chi connectivity index (χ4v) is 2.46. The number of carbonyl (C=O) groups excluding carboxylic acids is 1. The third-order valence-electron chi connectivity index (χ3n) is 3.91. The van der Waals surface area contributed by atoms with E-state index in [9.17, 15) is 14.7 Å². The third kappa shape index (κ3) is 3.33. The van der Waals surface area contributed by atoms with Crippen LogP contribution in [0.25, 0.3) is 0 Å². The molecule has 1 heterocycles. The second-order valence-electron chi connectivity index (χ2n) is 5.29. The number of carbonyl (C=O) groups is 2. The number of nitrogens with zero attached hydrogens (tertiary/aromatic N) is 1. The molecule has 114 valence electrons. The highest BCUT2D eigenvalue weighted by Crippen LogP contribution is 2.21. The van der Waals surface area contributed by atoms with Gasteiger partial charge in [0.2, 0.25) is 0 Å². The van der Waals surface area contributed by atoms with E-state index in [4.69, 9.17) is 4.74 Å². The number of benzene rings is 1. The van der Waals surface area contributed by atoms with Gasteiger partial charge in [0.25, 0.3) is 0 Å². The lowest BCUT2D eigenvalue weighted by molar-refractivity contribution is 0.0696. The normalized spacial score (nSPS) is 17.9. The first-order chi connectivity index (χ1) is 9.92. The van der Waals surface area contributed by atoms with E-state index in [2.05, 4.69) is 5.32 Å². The van der Waals surface area contributed by atoms with Crippen LogP contribution in [0.1, 0.15) is 27.9 Å². The lowest BCUT2D eigenvalue weighted by Crippen LogP contribution is -2.34. The zero-order chi connectivity index (χ0) is 15.6. The van der Waals surface area contributed by atoms with Gasteiger partial charge in [-0.3, -0.25) is 0 Å². The highest BCUT2D eigenvalue weighted by Gasteiger charge is 2.26. The van der Waals surface area contributed by atoms with E-state index in [-0.39, 0.29) is 17.7 Å². The monoisotopic (exact) mass is 292 g/mol. The number of carboxylic acids is 1. The van der Waals surface area contributed by atoms with Gasteiger partial charge in [0.1, 0.15) is 0 Å². The largest absolute Gasteiger partial charge is 0.478 e. The number of carboxylic acid groups (broad SMARTS) is 1. The number of aromatic carboxylic acids is 1. The average Bonchev–Trinajstić information content (AvgIpc) is 2.91. The maximum absolute atomic E-state index is 12.2. The van der Waals surface area contributed by atoms with Gasteiger partial charge in [0.05, 0.1) is 11.7 Å². The van der Waals surface area contributed by atoms with Gasteiger partial charge in [0.15, 0.2) is 0 Å². The molecule has 0 aromatic heterocycles. The van der Waals surface area contributed by atoms with Gasteiger partial charge in [-0.1, -0.05) is 0 Å². The first-order valence-corrected chi connectivity index (χ1v) is 6.85. The predicted octanol–water partition coefficient (Wildman–Crippen LogP) is 2.25. The van der Waals surface area contributed by atoms with Crippen molar-refractivity contribution in [2.75, 3.05) is 25.5 Å². The van der Waals surface area contributed by atoms with E-state index in [0.717, 1.165) is 12.0 Å². The molecule has 21 heavy (non-hydrogen) atoms. The molecule has 1 unspecified atom stereocenters. The first kappa shape index (κ1) is 15.3. The molecule has 1 aromatic rings. The summed E-state index contributed by atoms with van der Waals surface area (Å²) in [4.78, 5) is 25.0. The van der Waals surface area contributed by atoms with Gasteiger partial charge in [-0.15, -0.1) is 0 Å². The van der Waals surface area contributed by atoms with Crippen molar-refractivity contribution in [1.29, 1.82) is 0 Å². The molecule has 6 heteroatoms. The van der Waals surface area contributed by atoms with Crippen molar-refractivity contribution in [2.24, 2.45) is 0 Å². The molecule has 1 saturated heterocycles. The molecule has 1 aliphatic heterocycles. The van der Waals surface area contributed by atoms with Crippen molar-refractivity contribution in [3.05, 3.63) is 28.8 Å². The molecule has 0 radical (unpaired) electrons. The standard InChI is InChI=1S/C15H20N2O4/c1-9-6-11(7-13(10(9)2)14(18)19)16-15(20)17-5-4-12(8-17)21-3/h6-7,12H,4-5,8H2,1-3H3,(H,16,20)(H,18,19). The summed E-state index contributed by atoms with van der Waals surface area (Å²) in [6.45, 7) is 4.78. The summed E-state index contributed by atoms with van der Waals surface area (Å²) in [6.07, 6.45) is 0.891. The Labute approximate surface area is 123 Å². The van der Waals surface area contributed by atoms with E-state index in [0.29, 0.717) is 24.3 Å². The summed E-state index contributed by atoms with van der Waals surface area (Å²) < 4.78 is 5.23. The van der Waals surface area contributed by atoms with Crippen LogP contribution in [0.3, 0.4) is 0 Å². The van der Waals surface area contributed by atoms with Crippen molar-refractivity contribution in [2.45, 2.75) is 26.4 Å². The topological polar surface area (TPSA) is 78.9 Å². The zero-order valence-corrected chi connectivity index (χ0v) is 12.5. The van der Waals surface area contributed by atoms with Crippen LogP contribution >= 0.6 is 0 Å². The second kappa shape index (κ2) is 6.13. The lowest BCUT2D eigenvalue weighted by Gasteiger charge is -2.18. The zero-order valence-electron chi connectivity index (χ0n) is 12.5. The molecule has 2 rings (SSSR count). The van der Waals surface area contributed by atoms with Crippen molar-refractivity contribution in [3.8, 4) is 0 Å². The number of hydrogen-bond donors (Lipinski definition) is 2. The summed E-state index contributed by atoms with van der Waals surface area (Å²) in [7, 11) is 1.63. The molecule has 6 nitrogen and oxygen atoms in total. The van der Waals surface area contributed by atoms with Gasteiger partial charge in [0, 0.05) is 25.9 Å². The summed E-state index contributed by atoms with van der Waals surface area (Å²) in [5.74, 6) is -0.993. The number of nitrogens with one attached hydrogen (secondary N) is 1. The minimum absolute atomic E-state index is 0.0742. The van der Waals surface area contributed by atoms with Gasteiger partial charge in [-0.2, -0.15) is 0 Å². The van der Waals surface area contributed by atoms with Crippen LogP contribution < -0.4 is 5.32 Å². The highest BCUT2D eigenvalue weighted by molar-refractivity contribution is 5.94. The first-order valence-electron chi connectivity index (χ1n) is 6.85. The summed E-state index contributed by atoms with van der Waals surface area (Å²) in [5.41, 5.74) is 2.25. The average molecular weight is 292 g/mol. The Hall–Kier alpha value is -2.08. The van der Waals surface area contributed by atoms with Crippen LogP contribution in [0.4, 0.5) is 10.5 Å². The van der Waals surface area contributed by atoms with Gasteiger partial charge >= 0.3 is 12.0 Å². The number of methoxy groups -OCH3 is 1. The van der Waals surface area contributed by atoms with E-state index in [1.807, 2.05) is 6.92 Å². The Morgan fingerprint density at radius 1 is 1.38 bits per heavy atom. The molecule has 0 bridgehead atoms. The SMILES string of the molecule is COC1CCN(C(=O)Nc2cc(C)c(C)c(C(=O)O)c2)C1. The lowest BCUT2D eigenvalue weighted by atomic mass is 10.0. The maximum atomic E-state index is 12.2. The quantitative estimate of drug-likeness (QED) is 0.895. The minimum Gasteiger partial charge on any atom is -0.478 e. The van der Waals surface area contributed by atoms with Crippen molar-refractivity contribution < 1.29 is 19.4 Å². The van der Waals surface area contributed by atoms with Gasteiger partial charge in [-0.05, 0) is 43.5 Å². The fraction of sp³-hybridized carbons (Fsp3) is 0.467. The van der Waals surface area contributed by atoms with Crippen LogP contribution in [0.2, 0.25) is 0 Å². The number of urea groups is 1. The summed E-state index contributed by atoms with van der Waals surface area (Å²) in [6, 6.07) is 3.05. The minimum atomic E-state index is -0.993. The second-order valence-corrected chi connectivity index (χ2v) is 5.29. The number of ether oxygens (including phenoxy) is 1. The Balaban J connectivity index is 2.13.